The maximum Gasteiger partial charge on any atom is 0.259 e. The molecular formula is C29H28N4O3S. The Morgan fingerprint density at radius 1 is 1.05 bits per heavy atom. The predicted octanol–water partition coefficient (Wildman–Crippen LogP) is 4.99. The van der Waals surface area contributed by atoms with E-state index < -0.39 is 6.04 Å². The van der Waals surface area contributed by atoms with E-state index in [0.717, 1.165) is 28.1 Å². The summed E-state index contributed by atoms with van der Waals surface area (Å²) < 4.78 is 5.35. The second-order valence-corrected chi connectivity index (χ2v) is 9.90. The molecule has 0 spiro atoms. The number of thioether (sulfide) groups is 1. The van der Waals surface area contributed by atoms with E-state index in [1.165, 1.54) is 17.3 Å². The molecule has 2 aliphatic rings. The maximum absolute atomic E-state index is 13.5. The van der Waals surface area contributed by atoms with Gasteiger partial charge in [-0.1, -0.05) is 71.9 Å². The highest BCUT2D eigenvalue weighted by Gasteiger charge is 2.41. The Bertz CT molecular complexity index is 1380. The van der Waals surface area contributed by atoms with E-state index in [2.05, 4.69) is 36.5 Å². The molecule has 1 atom stereocenters. The molecule has 3 aromatic rings. The van der Waals surface area contributed by atoms with Gasteiger partial charge in [-0.15, -0.1) is 0 Å². The number of para-hydroxylation sites is 2. The molecule has 2 heterocycles. The molecule has 0 unspecified atom stereocenters. The molecule has 7 nitrogen and oxygen atoms in total. The predicted molar refractivity (Wildman–Crippen MR) is 147 cm³/mol. The van der Waals surface area contributed by atoms with Crippen LogP contribution in [0.1, 0.15) is 35.1 Å². The van der Waals surface area contributed by atoms with Gasteiger partial charge in [0.05, 0.1) is 12.8 Å². The van der Waals surface area contributed by atoms with Gasteiger partial charge in [0.2, 0.25) is 5.91 Å². The van der Waals surface area contributed by atoms with Gasteiger partial charge in [0.1, 0.15) is 17.6 Å². The Kier molecular flexibility index (Phi) is 7.37. The molecule has 2 aliphatic heterocycles. The summed E-state index contributed by atoms with van der Waals surface area (Å²) in [6, 6.07) is 23.0. The number of hydrogen-bond donors (Lipinski definition) is 1. The van der Waals surface area contributed by atoms with Crippen molar-refractivity contribution in [2.75, 3.05) is 7.11 Å². The van der Waals surface area contributed by atoms with Gasteiger partial charge < -0.3 is 10.1 Å². The van der Waals surface area contributed by atoms with Gasteiger partial charge in [-0.3, -0.25) is 14.6 Å². The van der Waals surface area contributed by atoms with Gasteiger partial charge in [0.25, 0.3) is 5.91 Å². The molecule has 0 aliphatic carbocycles. The topological polar surface area (TPSA) is 83.4 Å². The van der Waals surface area contributed by atoms with Crippen LogP contribution < -0.4 is 10.1 Å². The van der Waals surface area contributed by atoms with E-state index in [9.17, 15) is 9.59 Å². The van der Waals surface area contributed by atoms with E-state index in [0.29, 0.717) is 29.7 Å². The molecule has 0 radical (unpaired) electrons. The van der Waals surface area contributed by atoms with Crippen molar-refractivity contribution >= 4 is 40.3 Å². The average molecular weight is 513 g/mol. The van der Waals surface area contributed by atoms with Crippen LogP contribution in [0, 0.1) is 6.92 Å². The van der Waals surface area contributed by atoms with Gasteiger partial charge in [-0.25, -0.2) is 9.89 Å². The van der Waals surface area contributed by atoms with Gasteiger partial charge in [0, 0.05) is 29.8 Å². The van der Waals surface area contributed by atoms with Crippen LogP contribution in [0.25, 0.3) is 0 Å². The van der Waals surface area contributed by atoms with Crippen molar-refractivity contribution in [3.8, 4) is 5.75 Å². The summed E-state index contributed by atoms with van der Waals surface area (Å²) in [5.74, 6) is 1.75. The van der Waals surface area contributed by atoms with Crippen LogP contribution in [0.4, 0.5) is 5.69 Å². The summed E-state index contributed by atoms with van der Waals surface area (Å²) in [6.07, 6.45) is 0.523. The lowest BCUT2D eigenvalue weighted by Crippen LogP contribution is -2.41. The van der Waals surface area contributed by atoms with Gasteiger partial charge in [-0.2, -0.15) is 0 Å². The Labute approximate surface area is 220 Å². The van der Waals surface area contributed by atoms with E-state index in [-0.39, 0.29) is 18.2 Å². The Balaban J connectivity index is 1.27. The first-order valence-corrected chi connectivity index (χ1v) is 13.2. The number of fused-ring (bicyclic) bond motifs is 3. The number of carbonyl (C=O) groups is 2. The van der Waals surface area contributed by atoms with E-state index in [1.54, 1.807) is 12.0 Å². The summed E-state index contributed by atoms with van der Waals surface area (Å²) in [5, 5.41) is 3.54. The third-order valence-corrected chi connectivity index (χ3v) is 7.36. The van der Waals surface area contributed by atoms with Crippen molar-refractivity contribution in [3.05, 3.63) is 95.1 Å². The lowest BCUT2D eigenvalue weighted by molar-refractivity contribution is -0.125. The number of amides is 2. The fourth-order valence-electron chi connectivity index (χ4n) is 4.32. The fraction of sp³-hybridized carbons (Fsp3) is 0.241. The quantitative estimate of drug-likeness (QED) is 0.461. The van der Waals surface area contributed by atoms with Crippen LogP contribution in [0.3, 0.4) is 0 Å². The standard InChI is InChI=1S/C29H28N4O3S/c1-19-11-13-20(14-12-19)18-37-29-32-23-9-5-4-8-22(23)27-31-24(28(35)33(27)29)15-16-26(34)30-17-21-7-3-6-10-25(21)36-2/h3-14,24H,15-18H2,1-2H3,(H,30,34)/t24-/m1/s1. The maximum atomic E-state index is 13.5. The van der Waals surface area contributed by atoms with Crippen molar-refractivity contribution in [1.82, 2.24) is 10.2 Å². The number of amidine groups is 2. The minimum Gasteiger partial charge on any atom is -0.496 e. The number of aliphatic imine (C=N–C) groups is 2. The van der Waals surface area contributed by atoms with Crippen LogP contribution in [0.15, 0.2) is 82.8 Å². The third-order valence-electron chi connectivity index (χ3n) is 6.35. The Morgan fingerprint density at radius 3 is 2.62 bits per heavy atom. The van der Waals surface area contributed by atoms with Gasteiger partial charge in [0.15, 0.2) is 5.17 Å². The summed E-state index contributed by atoms with van der Waals surface area (Å²) in [6.45, 7) is 2.42. The zero-order chi connectivity index (χ0) is 25.8. The van der Waals surface area contributed by atoms with Crippen molar-refractivity contribution in [1.29, 1.82) is 0 Å². The van der Waals surface area contributed by atoms with Crippen LogP contribution in [0.5, 0.6) is 5.75 Å². The zero-order valence-corrected chi connectivity index (χ0v) is 21.6. The van der Waals surface area contributed by atoms with Crippen molar-refractivity contribution in [2.45, 2.75) is 38.1 Å². The van der Waals surface area contributed by atoms with Gasteiger partial charge in [-0.05, 0) is 37.1 Å². The summed E-state index contributed by atoms with van der Waals surface area (Å²) in [4.78, 5) is 37.2. The molecule has 0 saturated carbocycles. The lowest BCUT2D eigenvalue weighted by atomic mass is 10.1. The SMILES string of the molecule is COc1ccccc1CNC(=O)CC[C@H]1N=C2c3ccccc3N=C(SCc3ccc(C)cc3)N2C1=O. The highest BCUT2D eigenvalue weighted by atomic mass is 32.2. The molecule has 3 aromatic carbocycles. The molecule has 0 fully saturated rings. The number of benzene rings is 3. The normalized spacial score (nSPS) is 16.0. The summed E-state index contributed by atoms with van der Waals surface area (Å²) in [5.41, 5.74) is 4.89. The van der Waals surface area contributed by atoms with Gasteiger partial charge >= 0.3 is 0 Å². The highest BCUT2D eigenvalue weighted by Crippen LogP contribution is 2.35. The van der Waals surface area contributed by atoms with Crippen molar-refractivity contribution in [2.24, 2.45) is 9.98 Å². The monoisotopic (exact) mass is 512 g/mol. The number of nitrogens with one attached hydrogen (secondary N) is 1. The molecule has 37 heavy (non-hydrogen) atoms. The molecular weight excluding hydrogens is 484 g/mol. The first-order valence-electron chi connectivity index (χ1n) is 12.2. The molecule has 8 heteroatoms. The van der Waals surface area contributed by atoms with Crippen LogP contribution in [-0.4, -0.2) is 40.9 Å². The lowest BCUT2D eigenvalue weighted by Gasteiger charge is -2.25. The Hall–Kier alpha value is -3.91. The van der Waals surface area contributed by atoms with Crippen LogP contribution in [-0.2, 0) is 21.9 Å². The molecule has 5 rings (SSSR count). The van der Waals surface area contributed by atoms with E-state index in [1.807, 2.05) is 48.5 Å². The zero-order valence-electron chi connectivity index (χ0n) is 20.8. The smallest absolute Gasteiger partial charge is 0.259 e. The van der Waals surface area contributed by atoms with E-state index in [4.69, 9.17) is 14.7 Å². The molecule has 0 saturated heterocycles. The average Bonchev–Trinajstić information content (AvgIpc) is 3.26. The first-order chi connectivity index (χ1) is 18.0. The molecule has 0 aromatic heterocycles. The molecule has 188 valence electrons. The number of rotatable bonds is 8. The minimum absolute atomic E-state index is 0.133. The summed E-state index contributed by atoms with van der Waals surface area (Å²) in [7, 11) is 1.61. The van der Waals surface area contributed by atoms with Crippen LogP contribution in [0.2, 0.25) is 0 Å². The Morgan fingerprint density at radius 2 is 1.81 bits per heavy atom. The second kappa shape index (κ2) is 11.0. The van der Waals surface area contributed by atoms with Crippen molar-refractivity contribution < 1.29 is 14.3 Å². The number of ether oxygens (including phenoxy) is 1. The second-order valence-electron chi connectivity index (χ2n) is 8.96. The van der Waals surface area contributed by atoms with E-state index >= 15 is 0 Å². The fourth-order valence-corrected chi connectivity index (χ4v) is 5.27. The molecule has 1 N–H and O–H groups in total. The largest absolute Gasteiger partial charge is 0.496 e. The number of carbonyl (C=O) groups excluding carboxylic acids is 2. The minimum atomic E-state index is -0.622. The number of methoxy groups -OCH3 is 1. The van der Waals surface area contributed by atoms with Crippen LogP contribution >= 0.6 is 11.8 Å². The van der Waals surface area contributed by atoms with Crippen molar-refractivity contribution in [3.63, 3.8) is 0 Å². The number of aryl methyl sites for hydroxylation is 1. The molecule has 2 amide bonds. The third kappa shape index (κ3) is 5.44. The summed E-state index contributed by atoms with van der Waals surface area (Å²) >= 11 is 1.52. The number of hydrogen-bond acceptors (Lipinski definition) is 6. The first kappa shape index (κ1) is 24.8. The highest BCUT2D eigenvalue weighted by molar-refractivity contribution is 8.13. The number of nitrogens with zero attached hydrogens (tertiary/aromatic N) is 3. The molecule has 0 bridgehead atoms.